The molecule has 0 aliphatic heterocycles. The molecule has 0 fully saturated rings. The van der Waals surface area contributed by atoms with Gasteiger partial charge in [0, 0.05) is 0 Å². The van der Waals surface area contributed by atoms with E-state index in [0.29, 0.717) is 0 Å². The number of hydrogen-bond donors (Lipinski definition) is 2. The molecule has 0 amide bonds. The van der Waals surface area contributed by atoms with Crippen molar-refractivity contribution >= 4 is 10.0 Å². The van der Waals surface area contributed by atoms with E-state index in [-0.39, 0.29) is 0 Å². The van der Waals surface area contributed by atoms with Gasteiger partial charge in [0.05, 0.1) is 6.26 Å². The summed E-state index contributed by atoms with van der Waals surface area (Å²) in [5.41, 5.74) is 5.50. The fourth-order valence-corrected chi connectivity index (χ4v) is 2.12. The second-order valence-electron chi connectivity index (χ2n) is 3.44. The molecule has 78 valence electrons. The number of benzene rings is 1. The van der Waals surface area contributed by atoms with Crippen molar-refractivity contribution in [2.75, 3.05) is 6.26 Å². The summed E-state index contributed by atoms with van der Waals surface area (Å²) in [6.07, 6.45) is 1.08. The van der Waals surface area contributed by atoms with E-state index in [1.165, 1.54) is 0 Å². The Morgan fingerprint density at radius 3 is 2.21 bits per heavy atom. The summed E-state index contributed by atoms with van der Waals surface area (Å²) in [5, 5.41) is 0. The Bertz CT molecular complexity index is 398. The average Bonchev–Trinajstić information content (AvgIpc) is 2.01. The van der Waals surface area contributed by atoms with Crippen LogP contribution in [0.25, 0.3) is 0 Å². The first kappa shape index (κ1) is 11.2. The molecule has 1 atom stereocenters. The summed E-state index contributed by atoms with van der Waals surface area (Å²) in [4.78, 5) is 0. The van der Waals surface area contributed by atoms with Gasteiger partial charge in [-0.2, -0.15) is 4.72 Å². The molecule has 0 heterocycles. The first-order valence-corrected chi connectivity index (χ1v) is 6.04. The Morgan fingerprint density at radius 2 is 1.79 bits per heavy atom. The van der Waals surface area contributed by atoms with Crippen molar-refractivity contribution in [3.05, 3.63) is 35.9 Å². The average molecular weight is 214 g/mol. The Hall–Kier alpha value is -0.910. The molecular formula is C9H14N2O2S. The fourth-order valence-electron chi connectivity index (χ4n) is 1.23. The zero-order chi connectivity index (χ0) is 10.8. The van der Waals surface area contributed by atoms with E-state index in [9.17, 15) is 8.42 Å². The van der Waals surface area contributed by atoms with Crippen molar-refractivity contribution in [2.45, 2.75) is 12.6 Å². The normalized spacial score (nSPS) is 16.2. The molecule has 1 aromatic rings. The lowest BCUT2D eigenvalue weighted by atomic mass is 10.0. The molecule has 0 aromatic heterocycles. The van der Waals surface area contributed by atoms with Crippen LogP contribution in [0.1, 0.15) is 12.5 Å². The van der Waals surface area contributed by atoms with Crippen LogP contribution in [0.2, 0.25) is 0 Å². The Kier molecular flexibility index (Phi) is 2.94. The fraction of sp³-hybridized carbons (Fsp3) is 0.333. The van der Waals surface area contributed by atoms with Crippen molar-refractivity contribution in [2.24, 2.45) is 5.73 Å². The van der Waals surface area contributed by atoms with Crippen molar-refractivity contribution in [3.63, 3.8) is 0 Å². The standard InChI is InChI=1S/C9H14N2O2S/c1-9(10,11-14(2,12)13)8-6-4-3-5-7-8/h3-7,11H,10H2,1-2H3. The SMILES string of the molecule is CC(N)(NS(C)(=O)=O)c1ccccc1. The number of nitrogens with two attached hydrogens (primary N) is 1. The minimum absolute atomic E-state index is 0.727. The predicted octanol–water partition coefficient (Wildman–Crippen LogP) is 0.367. The highest BCUT2D eigenvalue weighted by Crippen LogP contribution is 2.14. The number of rotatable bonds is 3. The summed E-state index contributed by atoms with van der Waals surface area (Å²) in [6, 6.07) is 9.02. The zero-order valence-electron chi connectivity index (χ0n) is 8.19. The molecule has 1 unspecified atom stereocenters. The van der Waals surface area contributed by atoms with Crippen LogP contribution in [0, 0.1) is 0 Å². The topological polar surface area (TPSA) is 72.2 Å². The van der Waals surface area contributed by atoms with E-state index < -0.39 is 15.7 Å². The maximum atomic E-state index is 11.0. The Balaban J connectivity index is 2.97. The van der Waals surface area contributed by atoms with E-state index in [2.05, 4.69) is 4.72 Å². The highest BCUT2D eigenvalue weighted by molar-refractivity contribution is 7.88. The Labute approximate surface area is 84.2 Å². The summed E-state index contributed by atoms with van der Waals surface area (Å²) in [6.45, 7) is 1.61. The van der Waals surface area contributed by atoms with Gasteiger partial charge in [-0.25, -0.2) is 8.42 Å². The third kappa shape index (κ3) is 3.10. The van der Waals surface area contributed by atoms with Crippen LogP contribution in [0.4, 0.5) is 0 Å². The monoisotopic (exact) mass is 214 g/mol. The smallest absolute Gasteiger partial charge is 0.210 e. The van der Waals surface area contributed by atoms with Gasteiger partial charge in [0.1, 0.15) is 5.66 Å². The minimum atomic E-state index is -3.30. The molecule has 0 saturated heterocycles. The highest BCUT2D eigenvalue weighted by Gasteiger charge is 2.24. The molecule has 14 heavy (non-hydrogen) atoms. The molecule has 1 rings (SSSR count). The van der Waals surface area contributed by atoms with E-state index in [1.54, 1.807) is 19.1 Å². The van der Waals surface area contributed by atoms with E-state index in [4.69, 9.17) is 5.73 Å². The van der Waals surface area contributed by atoms with E-state index >= 15 is 0 Å². The van der Waals surface area contributed by atoms with Crippen LogP contribution in [0.15, 0.2) is 30.3 Å². The van der Waals surface area contributed by atoms with Gasteiger partial charge in [-0.3, -0.25) is 0 Å². The van der Waals surface area contributed by atoms with E-state index in [0.717, 1.165) is 11.8 Å². The van der Waals surface area contributed by atoms with Crippen molar-refractivity contribution < 1.29 is 8.42 Å². The molecule has 4 nitrogen and oxygen atoms in total. The van der Waals surface area contributed by atoms with Gasteiger partial charge in [-0.05, 0) is 12.5 Å². The summed E-state index contributed by atoms with van der Waals surface area (Å²) < 4.78 is 24.4. The van der Waals surface area contributed by atoms with Crippen LogP contribution in [-0.2, 0) is 15.7 Å². The predicted molar refractivity (Wildman–Crippen MR) is 56.0 cm³/mol. The van der Waals surface area contributed by atoms with Crippen LogP contribution >= 0.6 is 0 Å². The molecule has 0 aliphatic rings. The second-order valence-corrected chi connectivity index (χ2v) is 5.19. The maximum absolute atomic E-state index is 11.0. The highest BCUT2D eigenvalue weighted by atomic mass is 32.2. The Morgan fingerprint density at radius 1 is 1.29 bits per heavy atom. The third-order valence-electron chi connectivity index (χ3n) is 1.77. The molecule has 0 saturated carbocycles. The van der Waals surface area contributed by atoms with Gasteiger partial charge in [-0.15, -0.1) is 0 Å². The van der Waals surface area contributed by atoms with Crippen LogP contribution in [-0.4, -0.2) is 14.7 Å². The van der Waals surface area contributed by atoms with Gasteiger partial charge in [-0.1, -0.05) is 30.3 Å². The first-order chi connectivity index (χ1) is 6.31. The van der Waals surface area contributed by atoms with Gasteiger partial charge in [0.2, 0.25) is 10.0 Å². The van der Waals surface area contributed by atoms with Crippen LogP contribution < -0.4 is 10.5 Å². The van der Waals surface area contributed by atoms with E-state index in [1.807, 2.05) is 18.2 Å². The lowest BCUT2D eigenvalue weighted by Gasteiger charge is -2.25. The molecule has 0 aliphatic carbocycles. The first-order valence-electron chi connectivity index (χ1n) is 4.15. The van der Waals surface area contributed by atoms with Gasteiger partial charge in [0.25, 0.3) is 0 Å². The van der Waals surface area contributed by atoms with Crippen molar-refractivity contribution in [1.29, 1.82) is 0 Å². The van der Waals surface area contributed by atoms with Crippen molar-refractivity contribution in [1.82, 2.24) is 4.72 Å². The molecule has 3 N–H and O–H groups in total. The quantitative estimate of drug-likeness (QED) is 0.714. The van der Waals surface area contributed by atoms with Crippen molar-refractivity contribution in [3.8, 4) is 0 Å². The number of nitrogens with one attached hydrogen (secondary N) is 1. The zero-order valence-corrected chi connectivity index (χ0v) is 9.01. The summed E-state index contributed by atoms with van der Waals surface area (Å²) in [5.74, 6) is 0. The molecule has 0 radical (unpaired) electrons. The van der Waals surface area contributed by atoms with Crippen LogP contribution in [0.5, 0.6) is 0 Å². The van der Waals surface area contributed by atoms with Gasteiger partial charge in [0.15, 0.2) is 0 Å². The summed E-state index contributed by atoms with van der Waals surface area (Å²) >= 11 is 0. The number of hydrogen-bond acceptors (Lipinski definition) is 3. The molecule has 5 heteroatoms. The lowest BCUT2D eigenvalue weighted by molar-refractivity contribution is 0.451. The molecule has 0 bridgehead atoms. The van der Waals surface area contributed by atoms with Gasteiger partial charge < -0.3 is 5.73 Å². The number of sulfonamides is 1. The molecule has 0 spiro atoms. The molecular weight excluding hydrogens is 200 g/mol. The van der Waals surface area contributed by atoms with Crippen LogP contribution in [0.3, 0.4) is 0 Å². The van der Waals surface area contributed by atoms with Gasteiger partial charge >= 0.3 is 0 Å². The lowest BCUT2D eigenvalue weighted by Crippen LogP contribution is -2.50. The minimum Gasteiger partial charge on any atom is -0.309 e. The third-order valence-corrected chi connectivity index (χ3v) is 2.57. The maximum Gasteiger partial charge on any atom is 0.210 e. The largest absolute Gasteiger partial charge is 0.309 e. The molecule has 1 aromatic carbocycles. The summed E-state index contributed by atoms with van der Waals surface area (Å²) in [7, 11) is -3.30. The second kappa shape index (κ2) is 3.68.